The molecule has 0 fully saturated rings. The van der Waals surface area contributed by atoms with Crippen LogP contribution in [0.25, 0.3) is 0 Å². The molecule has 6 nitrogen and oxygen atoms in total. The Kier molecular flexibility index (Phi) is 5.84. The number of methoxy groups -OCH3 is 2. The lowest BCUT2D eigenvalue weighted by Gasteiger charge is -2.29. The van der Waals surface area contributed by atoms with Gasteiger partial charge in [-0.3, -0.25) is 4.79 Å². The highest BCUT2D eigenvalue weighted by molar-refractivity contribution is 5.95. The van der Waals surface area contributed by atoms with E-state index in [1.165, 1.54) is 5.56 Å². The molecule has 0 radical (unpaired) electrons. The number of nitrogens with zero attached hydrogens (tertiary/aromatic N) is 2. The molecule has 1 aromatic heterocycles. The van der Waals surface area contributed by atoms with Gasteiger partial charge >= 0.3 is 0 Å². The highest BCUT2D eigenvalue weighted by atomic mass is 16.5. The van der Waals surface area contributed by atoms with Gasteiger partial charge in [-0.1, -0.05) is 13.8 Å². The average molecular weight is 369 g/mol. The molecular weight excluding hydrogens is 342 g/mol. The van der Waals surface area contributed by atoms with Gasteiger partial charge in [-0.25, -0.2) is 4.98 Å². The number of rotatable bonds is 6. The molecule has 1 amide bonds. The number of carbonyl (C=O) groups excluding carboxylic acids is 1. The molecule has 144 valence electrons. The zero-order chi connectivity index (χ0) is 19.4. The lowest BCUT2D eigenvalue weighted by molar-refractivity contribution is 0.0734. The van der Waals surface area contributed by atoms with Gasteiger partial charge in [-0.15, -0.1) is 0 Å². The monoisotopic (exact) mass is 369 g/mol. The zero-order valence-corrected chi connectivity index (χ0v) is 16.4. The van der Waals surface area contributed by atoms with Gasteiger partial charge < -0.3 is 19.7 Å². The van der Waals surface area contributed by atoms with Crippen LogP contribution in [0.4, 0.5) is 5.82 Å². The third kappa shape index (κ3) is 4.32. The fraction of sp³-hybridized carbons (Fsp3) is 0.429. The lowest BCUT2D eigenvalue weighted by Crippen LogP contribution is -2.36. The summed E-state index contributed by atoms with van der Waals surface area (Å²) >= 11 is 0. The third-order valence-electron chi connectivity index (χ3n) is 4.70. The number of nitrogens with one attached hydrogen (secondary N) is 1. The maximum absolute atomic E-state index is 13.0. The number of fused-ring (bicyclic) bond motifs is 1. The number of carbonyl (C=O) groups is 1. The Morgan fingerprint density at radius 3 is 2.56 bits per heavy atom. The molecule has 3 rings (SSSR count). The minimum Gasteiger partial charge on any atom is -0.493 e. The number of ether oxygens (including phenoxy) is 2. The molecule has 1 aliphatic heterocycles. The quantitative estimate of drug-likeness (QED) is 0.846. The summed E-state index contributed by atoms with van der Waals surface area (Å²) in [6, 6.07) is 7.58. The van der Waals surface area contributed by atoms with Crippen molar-refractivity contribution in [3.05, 3.63) is 47.2 Å². The summed E-state index contributed by atoms with van der Waals surface area (Å²) in [6.45, 7) is 6.33. The molecule has 1 aromatic carbocycles. The van der Waals surface area contributed by atoms with Gasteiger partial charge in [0.15, 0.2) is 11.5 Å². The van der Waals surface area contributed by atoms with E-state index in [2.05, 4.69) is 24.1 Å². The smallest absolute Gasteiger partial charge is 0.254 e. The molecule has 0 saturated carbocycles. The van der Waals surface area contributed by atoms with Crippen LogP contribution < -0.4 is 14.8 Å². The first-order valence-electron chi connectivity index (χ1n) is 9.24. The number of amides is 1. The van der Waals surface area contributed by atoms with Gasteiger partial charge in [0.1, 0.15) is 5.82 Å². The van der Waals surface area contributed by atoms with E-state index in [9.17, 15) is 4.79 Å². The first-order chi connectivity index (χ1) is 13.0. The van der Waals surface area contributed by atoms with Crippen LogP contribution in [0.1, 0.15) is 35.3 Å². The van der Waals surface area contributed by atoms with Crippen molar-refractivity contribution in [2.75, 3.05) is 32.6 Å². The van der Waals surface area contributed by atoms with E-state index >= 15 is 0 Å². The molecule has 0 atom stereocenters. The molecule has 1 aliphatic rings. The fourth-order valence-corrected chi connectivity index (χ4v) is 3.21. The first-order valence-corrected chi connectivity index (χ1v) is 9.24. The van der Waals surface area contributed by atoms with E-state index in [1.807, 2.05) is 23.1 Å². The Hall–Kier alpha value is -2.76. The van der Waals surface area contributed by atoms with Gasteiger partial charge in [0, 0.05) is 31.4 Å². The van der Waals surface area contributed by atoms with Crippen LogP contribution in [0.15, 0.2) is 30.5 Å². The van der Waals surface area contributed by atoms with Crippen molar-refractivity contribution in [1.29, 1.82) is 0 Å². The molecule has 0 aliphatic carbocycles. The second-order valence-electron chi connectivity index (χ2n) is 7.16. The normalized spacial score (nSPS) is 13.3. The Bertz CT molecular complexity index is 820. The van der Waals surface area contributed by atoms with E-state index < -0.39 is 0 Å². The van der Waals surface area contributed by atoms with E-state index in [1.54, 1.807) is 26.5 Å². The molecule has 2 aromatic rings. The number of aromatic nitrogens is 1. The number of anilines is 1. The summed E-state index contributed by atoms with van der Waals surface area (Å²) < 4.78 is 10.8. The van der Waals surface area contributed by atoms with Crippen molar-refractivity contribution < 1.29 is 14.3 Å². The number of pyridine rings is 1. The second kappa shape index (κ2) is 8.29. The minimum absolute atomic E-state index is 0.0189. The average Bonchev–Trinajstić information content (AvgIpc) is 2.70. The van der Waals surface area contributed by atoms with Crippen molar-refractivity contribution in [1.82, 2.24) is 9.88 Å². The predicted octanol–water partition coefficient (Wildman–Crippen LogP) is 3.37. The Labute approximate surface area is 160 Å². The summed E-state index contributed by atoms with van der Waals surface area (Å²) in [6.07, 6.45) is 2.48. The maximum Gasteiger partial charge on any atom is 0.254 e. The number of benzene rings is 1. The zero-order valence-electron chi connectivity index (χ0n) is 16.4. The molecular formula is C21H27N3O3. The Balaban J connectivity index is 1.77. The van der Waals surface area contributed by atoms with Gasteiger partial charge in [-0.2, -0.15) is 0 Å². The standard InChI is InChI=1S/C21H27N3O3/c1-14(2)12-23-20-11-16(5-7-22-20)21(25)24-8-6-15-9-18(26-3)19(27-4)10-17(15)13-24/h5,7,9-11,14H,6,8,12-13H2,1-4H3,(H,22,23). The molecule has 0 spiro atoms. The number of hydrogen-bond donors (Lipinski definition) is 1. The fourth-order valence-electron chi connectivity index (χ4n) is 3.21. The van der Waals surface area contributed by atoms with Gasteiger partial charge in [0.05, 0.1) is 14.2 Å². The number of hydrogen-bond acceptors (Lipinski definition) is 5. The van der Waals surface area contributed by atoms with Crippen molar-refractivity contribution in [2.45, 2.75) is 26.8 Å². The second-order valence-corrected chi connectivity index (χ2v) is 7.16. The van der Waals surface area contributed by atoms with Crippen LogP contribution in [-0.4, -0.2) is 43.1 Å². The van der Waals surface area contributed by atoms with E-state index in [0.717, 1.165) is 30.1 Å². The van der Waals surface area contributed by atoms with E-state index in [4.69, 9.17) is 9.47 Å². The van der Waals surface area contributed by atoms with Crippen LogP contribution in [0.2, 0.25) is 0 Å². The van der Waals surface area contributed by atoms with Crippen molar-refractivity contribution in [3.63, 3.8) is 0 Å². The minimum atomic E-state index is 0.0189. The van der Waals surface area contributed by atoms with E-state index in [-0.39, 0.29) is 5.91 Å². The molecule has 6 heteroatoms. The summed E-state index contributed by atoms with van der Waals surface area (Å²) in [5.74, 6) is 2.68. The van der Waals surface area contributed by atoms with Gasteiger partial charge in [-0.05, 0) is 47.7 Å². The molecule has 0 unspecified atom stereocenters. The summed E-state index contributed by atoms with van der Waals surface area (Å²) in [5.41, 5.74) is 2.95. The van der Waals surface area contributed by atoms with E-state index in [0.29, 0.717) is 30.3 Å². The van der Waals surface area contributed by atoms with Crippen LogP contribution in [0.3, 0.4) is 0 Å². The third-order valence-corrected chi connectivity index (χ3v) is 4.70. The largest absolute Gasteiger partial charge is 0.493 e. The maximum atomic E-state index is 13.0. The highest BCUT2D eigenvalue weighted by Crippen LogP contribution is 2.33. The molecule has 2 heterocycles. The first kappa shape index (κ1) is 19.0. The topological polar surface area (TPSA) is 63.7 Å². The van der Waals surface area contributed by atoms with Crippen molar-refractivity contribution >= 4 is 11.7 Å². The summed E-state index contributed by atoms with van der Waals surface area (Å²) in [5, 5.41) is 3.27. The van der Waals surface area contributed by atoms with Crippen LogP contribution in [-0.2, 0) is 13.0 Å². The van der Waals surface area contributed by atoms with Crippen molar-refractivity contribution in [2.24, 2.45) is 5.92 Å². The Morgan fingerprint density at radius 2 is 1.89 bits per heavy atom. The summed E-state index contributed by atoms with van der Waals surface area (Å²) in [7, 11) is 3.26. The van der Waals surface area contributed by atoms with Crippen molar-refractivity contribution in [3.8, 4) is 11.5 Å². The van der Waals surface area contributed by atoms with Gasteiger partial charge in [0.2, 0.25) is 0 Å². The van der Waals surface area contributed by atoms with Gasteiger partial charge in [0.25, 0.3) is 5.91 Å². The molecule has 27 heavy (non-hydrogen) atoms. The molecule has 1 N–H and O–H groups in total. The Morgan fingerprint density at radius 1 is 1.19 bits per heavy atom. The predicted molar refractivity (Wildman–Crippen MR) is 106 cm³/mol. The molecule has 0 saturated heterocycles. The van der Waals surface area contributed by atoms with Crippen LogP contribution in [0.5, 0.6) is 11.5 Å². The highest BCUT2D eigenvalue weighted by Gasteiger charge is 2.24. The lowest BCUT2D eigenvalue weighted by atomic mass is 9.98. The summed E-state index contributed by atoms with van der Waals surface area (Å²) in [4.78, 5) is 19.2. The SMILES string of the molecule is COc1cc2c(cc1OC)CN(C(=O)c1ccnc(NCC(C)C)c1)CC2. The van der Waals surface area contributed by atoms with Crippen LogP contribution in [0, 0.1) is 5.92 Å². The van der Waals surface area contributed by atoms with Crippen LogP contribution >= 0.6 is 0 Å². The molecule has 0 bridgehead atoms.